The molecule has 0 aliphatic rings. The van der Waals surface area contributed by atoms with Crippen LogP contribution in [-0.4, -0.2) is 24.5 Å². The van der Waals surface area contributed by atoms with Gasteiger partial charge in [0.25, 0.3) is 0 Å². The van der Waals surface area contributed by atoms with Crippen molar-refractivity contribution in [3.05, 3.63) is 55.6 Å². The second-order valence-electron chi connectivity index (χ2n) is 4.64. The third-order valence-electron chi connectivity index (χ3n) is 3.00. The Bertz CT molecular complexity index is 617. The van der Waals surface area contributed by atoms with Crippen LogP contribution in [0.25, 0.3) is 0 Å². The molecule has 0 fully saturated rings. The molecule has 1 heterocycles. The number of carbonyl (C=O) groups is 1. The molecule has 3 nitrogen and oxygen atoms in total. The third-order valence-corrected chi connectivity index (χ3v) is 4.97. The van der Waals surface area contributed by atoms with Crippen molar-refractivity contribution in [2.45, 2.75) is 13.0 Å². The second-order valence-corrected chi connectivity index (χ2v) is 7.59. The fraction of sp³-hybridized carbons (Fsp3) is 0.267. The van der Waals surface area contributed by atoms with Crippen LogP contribution in [0.3, 0.4) is 0 Å². The SMILES string of the molecule is CN(Cc1ccc(Br)s1)C(=O)NCCc1ccccc1Cl. The molecule has 0 atom stereocenters. The van der Waals surface area contributed by atoms with Crippen molar-refractivity contribution >= 4 is 44.9 Å². The zero-order valence-electron chi connectivity index (χ0n) is 11.6. The Hall–Kier alpha value is -1.04. The summed E-state index contributed by atoms with van der Waals surface area (Å²) in [5, 5.41) is 3.65. The minimum Gasteiger partial charge on any atom is -0.338 e. The molecule has 2 rings (SSSR count). The summed E-state index contributed by atoms with van der Waals surface area (Å²) < 4.78 is 1.07. The van der Waals surface area contributed by atoms with E-state index in [1.165, 1.54) is 0 Å². The summed E-state index contributed by atoms with van der Waals surface area (Å²) in [4.78, 5) is 14.8. The van der Waals surface area contributed by atoms with Gasteiger partial charge in [-0.05, 0) is 46.1 Å². The Morgan fingerprint density at radius 2 is 2.10 bits per heavy atom. The van der Waals surface area contributed by atoms with Gasteiger partial charge in [-0.3, -0.25) is 0 Å². The molecule has 2 aromatic rings. The van der Waals surface area contributed by atoms with Gasteiger partial charge in [0.2, 0.25) is 0 Å². The van der Waals surface area contributed by atoms with Crippen molar-refractivity contribution in [2.75, 3.05) is 13.6 Å². The van der Waals surface area contributed by atoms with Gasteiger partial charge in [0, 0.05) is 23.5 Å². The molecule has 0 radical (unpaired) electrons. The number of nitrogens with zero attached hydrogens (tertiary/aromatic N) is 1. The van der Waals surface area contributed by atoms with Crippen LogP contribution in [0.5, 0.6) is 0 Å². The average Bonchev–Trinajstić information content (AvgIpc) is 2.86. The van der Waals surface area contributed by atoms with Gasteiger partial charge in [0.05, 0.1) is 10.3 Å². The van der Waals surface area contributed by atoms with Crippen LogP contribution in [0.4, 0.5) is 4.79 Å². The first kappa shape index (κ1) is 16.3. The van der Waals surface area contributed by atoms with E-state index in [0.29, 0.717) is 13.1 Å². The van der Waals surface area contributed by atoms with Crippen LogP contribution in [0, 0.1) is 0 Å². The van der Waals surface area contributed by atoms with Gasteiger partial charge in [-0.2, -0.15) is 0 Å². The summed E-state index contributed by atoms with van der Waals surface area (Å²) in [6.07, 6.45) is 0.726. The van der Waals surface area contributed by atoms with Crippen molar-refractivity contribution < 1.29 is 4.79 Å². The lowest BCUT2D eigenvalue weighted by Gasteiger charge is -2.17. The molecule has 2 amide bonds. The van der Waals surface area contributed by atoms with Crippen molar-refractivity contribution in [1.29, 1.82) is 0 Å². The predicted molar refractivity (Wildman–Crippen MR) is 92.0 cm³/mol. The Kier molecular flexibility index (Phi) is 6.08. The molecule has 0 aliphatic carbocycles. The quantitative estimate of drug-likeness (QED) is 0.802. The van der Waals surface area contributed by atoms with Crippen LogP contribution < -0.4 is 5.32 Å². The molecule has 1 aromatic heterocycles. The van der Waals surface area contributed by atoms with E-state index in [-0.39, 0.29) is 6.03 Å². The predicted octanol–water partition coefficient (Wildman–Crippen LogP) is 4.55. The third kappa shape index (κ3) is 5.02. The molecule has 112 valence electrons. The maximum Gasteiger partial charge on any atom is 0.317 e. The number of thiophene rings is 1. The van der Waals surface area contributed by atoms with E-state index in [4.69, 9.17) is 11.6 Å². The Labute approximate surface area is 142 Å². The van der Waals surface area contributed by atoms with Gasteiger partial charge in [0.1, 0.15) is 0 Å². The lowest BCUT2D eigenvalue weighted by atomic mass is 10.1. The number of amides is 2. The molecule has 0 bridgehead atoms. The number of rotatable bonds is 5. The van der Waals surface area contributed by atoms with Crippen molar-refractivity contribution in [1.82, 2.24) is 10.2 Å². The van der Waals surface area contributed by atoms with Crippen molar-refractivity contribution in [2.24, 2.45) is 0 Å². The maximum absolute atomic E-state index is 12.0. The van der Waals surface area contributed by atoms with E-state index in [2.05, 4.69) is 21.2 Å². The van der Waals surface area contributed by atoms with Crippen LogP contribution >= 0.6 is 38.9 Å². The summed E-state index contributed by atoms with van der Waals surface area (Å²) in [5.74, 6) is 0. The lowest BCUT2D eigenvalue weighted by molar-refractivity contribution is 0.207. The Balaban J connectivity index is 1.77. The zero-order valence-corrected chi connectivity index (χ0v) is 14.8. The highest BCUT2D eigenvalue weighted by Gasteiger charge is 2.10. The number of hydrogen-bond acceptors (Lipinski definition) is 2. The summed E-state index contributed by atoms with van der Waals surface area (Å²) in [6, 6.07) is 11.6. The number of nitrogens with one attached hydrogen (secondary N) is 1. The smallest absolute Gasteiger partial charge is 0.317 e. The topological polar surface area (TPSA) is 32.3 Å². The molecule has 0 spiro atoms. The van der Waals surface area contributed by atoms with Crippen LogP contribution in [0.1, 0.15) is 10.4 Å². The van der Waals surface area contributed by atoms with E-state index in [0.717, 1.165) is 25.7 Å². The molecule has 21 heavy (non-hydrogen) atoms. The lowest BCUT2D eigenvalue weighted by Crippen LogP contribution is -2.37. The minimum absolute atomic E-state index is 0.0772. The fourth-order valence-electron chi connectivity index (χ4n) is 1.88. The van der Waals surface area contributed by atoms with E-state index in [9.17, 15) is 4.79 Å². The van der Waals surface area contributed by atoms with Gasteiger partial charge in [0.15, 0.2) is 0 Å². The Morgan fingerprint density at radius 1 is 1.33 bits per heavy atom. The molecular formula is C15H16BrClN2OS. The summed E-state index contributed by atoms with van der Waals surface area (Å²) in [6.45, 7) is 1.18. The normalized spacial score (nSPS) is 10.4. The number of urea groups is 1. The van der Waals surface area contributed by atoms with E-state index < -0.39 is 0 Å². The molecule has 0 unspecified atom stereocenters. The zero-order chi connectivity index (χ0) is 15.2. The van der Waals surface area contributed by atoms with Crippen LogP contribution in [-0.2, 0) is 13.0 Å². The number of hydrogen-bond donors (Lipinski definition) is 1. The summed E-state index contributed by atoms with van der Waals surface area (Å²) >= 11 is 11.1. The van der Waals surface area contributed by atoms with Crippen LogP contribution in [0.15, 0.2) is 40.2 Å². The standard InChI is InChI=1S/C15H16BrClN2OS/c1-19(10-12-6-7-14(16)21-12)15(20)18-9-8-11-4-2-3-5-13(11)17/h2-7H,8-10H2,1H3,(H,18,20). The van der Waals surface area contributed by atoms with E-state index >= 15 is 0 Å². The molecule has 1 aromatic carbocycles. The molecule has 1 N–H and O–H groups in total. The summed E-state index contributed by atoms with van der Waals surface area (Å²) in [7, 11) is 1.79. The van der Waals surface area contributed by atoms with E-state index in [1.54, 1.807) is 23.3 Å². The highest BCUT2D eigenvalue weighted by Crippen LogP contribution is 2.23. The van der Waals surface area contributed by atoms with Gasteiger partial charge in [-0.1, -0.05) is 29.8 Å². The largest absolute Gasteiger partial charge is 0.338 e. The molecule has 6 heteroatoms. The van der Waals surface area contributed by atoms with E-state index in [1.807, 2.05) is 36.4 Å². The van der Waals surface area contributed by atoms with Gasteiger partial charge < -0.3 is 10.2 Å². The first-order chi connectivity index (χ1) is 10.1. The van der Waals surface area contributed by atoms with Gasteiger partial charge in [-0.15, -0.1) is 11.3 Å². The molecule has 0 saturated carbocycles. The highest BCUT2D eigenvalue weighted by atomic mass is 79.9. The van der Waals surface area contributed by atoms with Crippen molar-refractivity contribution in [3.8, 4) is 0 Å². The first-order valence-electron chi connectivity index (χ1n) is 6.53. The highest BCUT2D eigenvalue weighted by molar-refractivity contribution is 9.11. The number of benzene rings is 1. The summed E-state index contributed by atoms with van der Waals surface area (Å²) in [5.41, 5.74) is 1.05. The maximum atomic E-state index is 12.0. The minimum atomic E-state index is -0.0772. The molecule has 0 aliphatic heterocycles. The van der Waals surface area contributed by atoms with Crippen LogP contribution in [0.2, 0.25) is 5.02 Å². The number of carbonyl (C=O) groups excluding carboxylic acids is 1. The number of halogens is 2. The van der Waals surface area contributed by atoms with Crippen molar-refractivity contribution in [3.63, 3.8) is 0 Å². The fourth-order valence-corrected chi connectivity index (χ4v) is 3.65. The Morgan fingerprint density at radius 3 is 2.76 bits per heavy atom. The van der Waals surface area contributed by atoms with Gasteiger partial charge in [-0.25, -0.2) is 4.79 Å². The molecule has 0 saturated heterocycles. The molecular weight excluding hydrogens is 372 g/mol. The van der Waals surface area contributed by atoms with Gasteiger partial charge >= 0.3 is 6.03 Å². The first-order valence-corrected chi connectivity index (χ1v) is 8.51. The average molecular weight is 388 g/mol. The monoisotopic (exact) mass is 386 g/mol. The second kappa shape index (κ2) is 7.82.